The first kappa shape index (κ1) is 14.1. The van der Waals surface area contributed by atoms with Gasteiger partial charge < -0.3 is 5.32 Å². The average Bonchev–Trinajstić information content (AvgIpc) is 2.49. The molecule has 2 aromatic rings. The van der Waals surface area contributed by atoms with Crippen LogP contribution in [0, 0.1) is 0 Å². The Balaban J connectivity index is 0.00000133. The second-order valence-electron chi connectivity index (χ2n) is 5.02. The van der Waals surface area contributed by atoms with Crippen LogP contribution in [0.2, 0.25) is 0 Å². The lowest BCUT2D eigenvalue weighted by Gasteiger charge is -2.31. The lowest BCUT2D eigenvalue weighted by Crippen LogP contribution is -2.30. The van der Waals surface area contributed by atoms with Crippen molar-refractivity contribution in [1.29, 1.82) is 0 Å². The summed E-state index contributed by atoms with van der Waals surface area (Å²) in [6.45, 7) is 0. The molecule has 2 atom stereocenters. The van der Waals surface area contributed by atoms with Crippen LogP contribution in [0.5, 0.6) is 0 Å². The van der Waals surface area contributed by atoms with Crippen molar-refractivity contribution in [2.24, 2.45) is 0 Å². The van der Waals surface area contributed by atoms with Gasteiger partial charge in [-0.2, -0.15) is 0 Å². The summed E-state index contributed by atoms with van der Waals surface area (Å²) in [5.41, 5.74) is 2.83. The van der Waals surface area contributed by atoms with Gasteiger partial charge in [-0.3, -0.25) is 0 Å². The molecule has 0 amide bonds. The summed E-state index contributed by atoms with van der Waals surface area (Å²) in [7, 11) is 0. The van der Waals surface area contributed by atoms with Crippen LogP contribution in [-0.4, -0.2) is 0 Å². The van der Waals surface area contributed by atoms with Gasteiger partial charge in [0.15, 0.2) is 0 Å². The molecule has 1 saturated heterocycles. The lowest BCUT2D eigenvalue weighted by atomic mass is 9.90. The Morgan fingerprint density at radius 2 is 1.11 bits per heavy atom. The summed E-state index contributed by atoms with van der Waals surface area (Å²) in [5.74, 6) is 0. The molecule has 19 heavy (non-hydrogen) atoms. The number of rotatable bonds is 2. The molecular formula is C17H20ClN. The van der Waals surface area contributed by atoms with Crippen LogP contribution < -0.4 is 5.32 Å². The molecule has 0 aromatic heterocycles. The van der Waals surface area contributed by atoms with Crippen LogP contribution in [-0.2, 0) is 0 Å². The highest BCUT2D eigenvalue weighted by Gasteiger charge is 2.22. The Labute approximate surface area is 121 Å². The maximum Gasteiger partial charge on any atom is 0.0325 e. The van der Waals surface area contributed by atoms with Crippen LogP contribution in [0.25, 0.3) is 0 Å². The molecule has 0 unspecified atom stereocenters. The molecule has 0 spiro atoms. The molecule has 1 heterocycles. The van der Waals surface area contributed by atoms with Gasteiger partial charge in [0.05, 0.1) is 0 Å². The predicted molar refractivity (Wildman–Crippen MR) is 82.6 cm³/mol. The van der Waals surface area contributed by atoms with Crippen molar-refractivity contribution in [3.8, 4) is 0 Å². The van der Waals surface area contributed by atoms with E-state index >= 15 is 0 Å². The SMILES string of the molecule is Cl.c1ccc([C@@H]2CCC[C@H](c3ccccc3)N2)cc1. The zero-order valence-electron chi connectivity index (χ0n) is 11.0. The van der Waals surface area contributed by atoms with E-state index in [9.17, 15) is 0 Å². The molecule has 1 aliphatic heterocycles. The van der Waals surface area contributed by atoms with Crippen molar-refractivity contribution in [3.63, 3.8) is 0 Å². The van der Waals surface area contributed by atoms with Crippen LogP contribution in [0.4, 0.5) is 0 Å². The third-order valence-electron chi connectivity index (χ3n) is 3.79. The van der Waals surface area contributed by atoms with Crippen LogP contribution in [0.3, 0.4) is 0 Å². The zero-order chi connectivity index (χ0) is 12.2. The zero-order valence-corrected chi connectivity index (χ0v) is 11.8. The number of hydrogen-bond acceptors (Lipinski definition) is 1. The van der Waals surface area contributed by atoms with E-state index in [1.807, 2.05) is 0 Å². The van der Waals surface area contributed by atoms with E-state index in [-0.39, 0.29) is 12.4 Å². The van der Waals surface area contributed by atoms with Gasteiger partial charge in [-0.15, -0.1) is 12.4 Å². The van der Waals surface area contributed by atoms with Gasteiger partial charge >= 0.3 is 0 Å². The third kappa shape index (κ3) is 3.37. The second kappa shape index (κ2) is 6.74. The average molecular weight is 274 g/mol. The van der Waals surface area contributed by atoms with Gasteiger partial charge in [0.1, 0.15) is 0 Å². The Morgan fingerprint density at radius 1 is 0.684 bits per heavy atom. The first-order chi connectivity index (χ1) is 8.93. The quantitative estimate of drug-likeness (QED) is 0.839. The van der Waals surface area contributed by atoms with Crippen LogP contribution in [0.15, 0.2) is 60.7 Å². The number of piperidine rings is 1. The Kier molecular flexibility index (Phi) is 5.00. The molecule has 2 aromatic carbocycles. The largest absolute Gasteiger partial charge is 0.303 e. The molecule has 0 aliphatic carbocycles. The van der Waals surface area contributed by atoms with E-state index < -0.39 is 0 Å². The fourth-order valence-electron chi connectivity index (χ4n) is 2.83. The Morgan fingerprint density at radius 3 is 1.53 bits per heavy atom. The summed E-state index contributed by atoms with van der Waals surface area (Å²) in [4.78, 5) is 0. The summed E-state index contributed by atoms with van der Waals surface area (Å²) < 4.78 is 0. The summed E-state index contributed by atoms with van der Waals surface area (Å²) in [6.07, 6.45) is 3.78. The summed E-state index contributed by atoms with van der Waals surface area (Å²) in [5, 5.41) is 3.79. The molecule has 0 bridgehead atoms. The molecule has 1 aliphatic rings. The summed E-state index contributed by atoms with van der Waals surface area (Å²) in [6, 6.07) is 22.6. The van der Waals surface area contributed by atoms with E-state index in [2.05, 4.69) is 66.0 Å². The highest BCUT2D eigenvalue weighted by Crippen LogP contribution is 2.32. The second-order valence-corrected chi connectivity index (χ2v) is 5.02. The summed E-state index contributed by atoms with van der Waals surface area (Å²) >= 11 is 0. The van der Waals surface area contributed by atoms with Crippen molar-refractivity contribution in [3.05, 3.63) is 71.8 Å². The molecule has 1 nitrogen and oxygen atoms in total. The van der Waals surface area contributed by atoms with Gasteiger partial charge in [-0.1, -0.05) is 60.7 Å². The van der Waals surface area contributed by atoms with E-state index in [1.54, 1.807) is 0 Å². The minimum Gasteiger partial charge on any atom is -0.303 e. The van der Waals surface area contributed by atoms with Crippen LogP contribution >= 0.6 is 12.4 Å². The molecule has 0 saturated carbocycles. The Hall–Kier alpha value is -1.31. The molecular weight excluding hydrogens is 254 g/mol. The monoisotopic (exact) mass is 273 g/mol. The first-order valence-electron chi connectivity index (χ1n) is 6.79. The maximum absolute atomic E-state index is 3.79. The lowest BCUT2D eigenvalue weighted by molar-refractivity contribution is 0.330. The van der Waals surface area contributed by atoms with Gasteiger partial charge in [0, 0.05) is 12.1 Å². The highest BCUT2D eigenvalue weighted by atomic mass is 35.5. The van der Waals surface area contributed by atoms with Crippen molar-refractivity contribution in [2.45, 2.75) is 31.3 Å². The van der Waals surface area contributed by atoms with E-state index in [4.69, 9.17) is 0 Å². The highest BCUT2D eigenvalue weighted by molar-refractivity contribution is 5.85. The minimum atomic E-state index is 0. The van der Waals surface area contributed by atoms with Gasteiger partial charge in [0.2, 0.25) is 0 Å². The molecule has 2 heteroatoms. The van der Waals surface area contributed by atoms with Crippen molar-refractivity contribution >= 4 is 12.4 Å². The van der Waals surface area contributed by atoms with Crippen molar-refractivity contribution in [1.82, 2.24) is 5.32 Å². The fraction of sp³-hybridized carbons (Fsp3) is 0.294. The predicted octanol–water partition coefficient (Wildman–Crippen LogP) is 4.66. The van der Waals surface area contributed by atoms with Crippen molar-refractivity contribution < 1.29 is 0 Å². The van der Waals surface area contributed by atoms with E-state index in [0.29, 0.717) is 12.1 Å². The van der Waals surface area contributed by atoms with Gasteiger partial charge in [0.25, 0.3) is 0 Å². The van der Waals surface area contributed by atoms with Crippen LogP contribution in [0.1, 0.15) is 42.5 Å². The standard InChI is InChI=1S/C17H19N.ClH/c1-3-8-14(9-4-1)16-12-7-13-17(18-16)15-10-5-2-6-11-15;/h1-6,8-11,16-18H,7,12-13H2;1H/t16-,17+;. The van der Waals surface area contributed by atoms with E-state index in [0.717, 1.165) is 0 Å². The molecule has 100 valence electrons. The number of nitrogens with one attached hydrogen (secondary N) is 1. The third-order valence-corrected chi connectivity index (χ3v) is 3.79. The number of hydrogen-bond donors (Lipinski definition) is 1. The van der Waals surface area contributed by atoms with E-state index in [1.165, 1.54) is 30.4 Å². The fourth-order valence-corrected chi connectivity index (χ4v) is 2.83. The smallest absolute Gasteiger partial charge is 0.0325 e. The molecule has 3 rings (SSSR count). The molecule has 0 radical (unpaired) electrons. The van der Waals surface area contributed by atoms with Gasteiger partial charge in [-0.05, 0) is 30.4 Å². The van der Waals surface area contributed by atoms with Gasteiger partial charge in [-0.25, -0.2) is 0 Å². The Bertz CT molecular complexity index is 438. The minimum absolute atomic E-state index is 0. The topological polar surface area (TPSA) is 12.0 Å². The first-order valence-corrected chi connectivity index (χ1v) is 6.79. The molecule has 1 N–H and O–H groups in total. The number of halogens is 1. The maximum atomic E-state index is 3.79. The normalized spacial score (nSPS) is 22.5. The number of benzene rings is 2. The molecule has 1 fully saturated rings. The van der Waals surface area contributed by atoms with Crippen molar-refractivity contribution in [2.75, 3.05) is 0 Å².